The van der Waals surface area contributed by atoms with Crippen LogP contribution in [0.25, 0.3) is 11.2 Å². The van der Waals surface area contributed by atoms with Crippen molar-refractivity contribution in [2.24, 2.45) is 5.41 Å². The number of aliphatic carboxylic acids is 2. The number of unbranched alkanes of at least 4 members (excludes halogenated alkanes) is 2. The number of hydrogen-bond acceptors (Lipinski definition) is 24. The van der Waals surface area contributed by atoms with E-state index in [4.69, 9.17) is 38.7 Å². The number of aromatic nitrogens is 4. The van der Waals surface area contributed by atoms with Crippen LogP contribution >= 0.6 is 35.5 Å². The average Bonchev–Trinajstić information content (AvgIpc) is 3.83. The van der Waals surface area contributed by atoms with Crippen LogP contribution in [0.2, 0.25) is 0 Å². The zero-order chi connectivity index (χ0) is 53.3. The molecule has 0 aliphatic carbocycles. The number of phosphoric ester groups is 3. The fourth-order valence-electron chi connectivity index (χ4n) is 6.11. The molecule has 1 saturated heterocycles. The molecule has 0 bridgehead atoms. The van der Waals surface area contributed by atoms with E-state index in [0.717, 1.165) is 17.2 Å². The summed E-state index contributed by atoms with van der Waals surface area (Å²) in [5, 5.41) is 54.0. The summed E-state index contributed by atoms with van der Waals surface area (Å²) in [6.45, 7) is -0.174. The van der Waals surface area contributed by atoms with Crippen molar-refractivity contribution in [1.82, 2.24) is 30.2 Å². The zero-order valence-electron chi connectivity index (χ0n) is 37.8. The second-order valence-corrected chi connectivity index (χ2v) is 21.1. The SMILES string of the molecule is CC(C)(COP(=O)(O)OP(=O)(O)OC[C@H]1O[C@@H](n2cnc3c(N)ncnc32)[C@H](O)[C@@H]1OP(=O)(O)O)C(O)C(=O)NCCC(=O)NCCSOC(=O)C(CCCCC(=O)O)OC(=O)C(O)CCCCC(=O)O. The van der Waals surface area contributed by atoms with Gasteiger partial charge in [-0.05, 0) is 38.5 Å². The number of hydrogen-bond donors (Lipinski definition) is 12. The molecule has 5 unspecified atom stereocenters. The molecule has 71 heavy (non-hydrogen) atoms. The fraction of sp³-hybridized carbons (Fsp3) is 0.686. The van der Waals surface area contributed by atoms with Crippen LogP contribution in [0.5, 0.6) is 0 Å². The van der Waals surface area contributed by atoms with Crippen molar-refractivity contribution in [2.45, 2.75) is 114 Å². The summed E-state index contributed by atoms with van der Waals surface area (Å²) in [5.41, 5.74) is 4.11. The van der Waals surface area contributed by atoms with E-state index in [2.05, 4.69) is 34.4 Å². The van der Waals surface area contributed by atoms with Gasteiger partial charge in [0, 0.05) is 43.5 Å². The largest absolute Gasteiger partial charge is 0.481 e. The summed E-state index contributed by atoms with van der Waals surface area (Å²) in [5.74, 6) is -6.12. The molecule has 36 heteroatoms. The van der Waals surface area contributed by atoms with Crippen molar-refractivity contribution >= 4 is 88.2 Å². The first kappa shape index (κ1) is 61.0. The summed E-state index contributed by atoms with van der Waals surface area (Å²) < 4.78 is 72.4. The Kier molecular flexibility index (Phi) is 23.8. The number of carbonyl (C=O) groups excluding carboxylic acids is 4. The highest BCUT2D eigenvalue weighted by Gasteiger charge is 2.50. The van der Waals surface area contributed by atoms with Crippen LogP contribution < -0.4 is 16.4 Å². The second-order valence-electron chi connectivity index (χ2n) is 16.0. The zero-order valence-corrected chi connectivity index (χ0v) is 41.3. The molecule has 0 saturated carbocycles. The number of rotatable bonds is 33. The van der Waals surface area contributed by atoms with E-state index >= 15 is 0 Å². The number of ether oxygens (including phenoxy) is 2. The molecule has 13 N–H and O–H groups in total. The van der Waals surface area contributed by atoms with E-state index in [-0.39, 0.29) is 93.6 Å². The summed E-state index contributed by atoms with van der Waals surface area (Å²) in [7, 11) is -16.6. The Morgan fingerprint density at radius 1 is 0.873 bits per heavy atom. The Balaban J connectivity index is 1.42. The minimum atomic E-state index is -5.64. The first-order valence-corrected chi connectivity index (χ1v) is 26.5. The Labute approximate surface area is 406 Å². The van der Waals surface area contributed by atoms with E-state index in [1.54, 1.807) is 0 Å². The molecule has 1 fully saturated rings. The number of amides is 2. The number of imidazole rings is 1. The number of fused-ring (bicyclic) bond motifs is 1. The number of carboxylic acid groups (broad SMARTS) is 2. The maximum absolute atomic E-state index is 12.7. The van der Waals surface area contributed by atoms with Gasteiger partial charge in [0.15, 0.2) is 29.9 Å². The van der Waals surface area contributed by atoms with Crippen LogP contribution in [-0.4, -0.2) is 169 Å². The van der Waals surface area contributed by atoms with Gasteiger partial charge in [0.25, 0.3) is 0 Å². The van der Waals surface area contributed by atoms with Crippen LogP contribution in [0, 0.1) is 5.41 Å². The number of nitrogens with one attached hydrogen (secondary N) is 2. The number of phosphoric acid groups is 3. The highest BCUT2D eigenvalue weighted by Crippen LogP contribution is 2.61. The summed E-state index contributed by atoms with van der Waals surface area (Å²) in [6, 6.07) is 0. The van der Waals surface area contributed by atoms with E-state index < -0.39 is 121 Å². The van der Waals surface area contributed by atoms with Crippen LogP contribution in [0.1, 0.15) is 77.9 Å². The Bertz CT molecular complexity index is 2310. The van der Waals surface area contributed by atoms with Crippen molar-refractivity contribution in [1.29, 1.82) is 0 Å². The van der Waals surface area contributed by atoms with Gasteiger partial charge in [-0.3, -0.25) is 37.3 Å². The van der Waals surface area contributed by atoms with Crippen molar-refractivity contribution in [3.8, 4) is 0 Å². The lowest BCUT2D eigenvalue weighted by Crippen LogP contribution is -2.46. The molecule has 0 spiro atoms. The van der Waals surface area contributed by atoms with Crippen LogP contribution in [0.15, 0.2) is 12.7 Å². The molecule has 0 aromatic carbocycles. The van der Waals surface area contributed by atoms with Gasteiger partial charge in [-0.2, -0.15) is 4.31 Å². The smallest absolute Gasteiger partial charge is 0.481 e. The molecular weight excluding hydrogens is 1040 g/mol. The third-order valence-electron chi connectivity index (χ3n) is 9.74. The van der Waals surface area contributed by atoms with Gasteiger partial charge in [-0.15, -0.1) is 0 Å². The number of nitrogens with zero attached hydrogens (tertiary/aromatic N) is 4. The van der Waals surface area contributed by atoms with Gasteiger partial charge in [0.05, 0.1) is 31.6 Å². The van der Waals surface area contributed by atoms with Crippen LogP contribution in [0.4, 0.5) is 5.82 Å². The molecule has 2 amide bonds. The third-order valence-corrected chi connectivity index (χ3v) is 13.5. The minimum Gasteiger partial charge on any atom is -0.481 e. The predicted octanol–water partition coefficient (Wildman–Crippen LogP) is -0.841. The maximum atomic E-state index is 12.7. The lowest BCUT2D eigenvalue weighted by Gasteiger charge is -2.30. The minimum absolute atomic E-state index is 0.000363. The molecule has 9 atom stereocenters. The number of aliphatic hydroxyl groups excluding tert-OH is 3. The maximum Gasteiger partial charge on any atom is 0.481 e. The van der Waals surface area contributed by atoms with E-state index in [1.807, 2.05) is 0 Å². The predicted molar refractivity (Wildman–Crippen MR) is 236 cm³/mol. The Hall–Kier alpha value is -4.27. The molecule has 1 aliphatic rings. The summed E-state index contributed by atoms with van der Waals surface area (Å²) in [4.78, 5) is 123. The lowest BCUT2D eigenvalue weighted by atomic mass is 9.87. The molecule has 2 aromatic rings. The standard InChI is InChI=1S/C35H56N7O25P3S/c1-35(2,16-62-70(59,60)67-69(57,58)61-15-21-27(65-68(54,55)56)26(49)32(63-21)42-18-41-25-29(36)39-17-40-30(25)42)28(50)31(51)38-12-11-22(44)37-13-14-71-66-34(53)20(8-4-6-10-24(47)48)64-33(52)19(43)7-3-5-9-23(45)46/h17-21,26-28,32,43,49-50H,3-16H2,1-2H3,(H,37,44)(H,38,51)(H,45,46)(H,47,48)(H,57,58)(H,59,60)(H2,36,39,40)(H2,54,55,56)/t19?,20?,21-,26-,27-,28?,32-/m1/s1. The number of nitrogen functional groups attached to an aromatic ring is 1. The normalized spacial score (nSPS) is 20.2. The lowest BCUT2D eigenvalue weighted by molar-refractivity contribution is -0.169. The van der Waals surface area contributed by atoms with Gasteiger partial charge in [-0.25, -0.2) is 38.2 Å². The molecule has 2 aromatic heterocycles. The number of carboxylic acids is 2. The quantitative estimate of drug-likeness (QED) is 0.0179. The van der Waals surface area contributed by atoms with Gasteiger partial charge in [0.1, 0.15) is 36.3 Å². The van der Waals surface area contributed by atoms with Gasteiger partial charge in [0.2, 0.25) is 11.8 Å². The molecule has 3 heterocycles. The van der Waals surface area contributed by atoms with Crippen LogP contribution in [-0.2, 0) is 74.0 Å². The summed E-state index contributed by atoms with van der Waals surface area (Å²) in [6.07, 6.45) is -10.6. The first-order chi connectivity index (χ1) is 33.0. The number of nitrogens with two attached hydrogens (primary N) is 1. The second kappa shape index (κ2) is 27.7. The number of esters is 1. The molecule has 32 nitrogen and oxygen atoms in total. The van der Waals surface area contributed by atoms with Crippen molar-refractivity contribution in [3.05, 3.63) is 12.7 Å². The van der Waals surface area contributed by atoms with Crippen LogP contribution in [0.3, 0.4) is 0 Å². The molecule has 3 rings (SSSR count). The fourth-order valence-corrected chi connectivity index (χ4v) is 9.43. The van der Waals surface area contributed by atoms with Gasteiger partial charge >= 0.3 is 47.3 Å². The average molecular weight is 1100 g/mol. The third kappa shape index (κ3) is 21.0. The Morgan fingerprint density at radius 2 is 1.51 bits per heavy atom. The molecule has 402 valence electrons. The van der Waals surface area contributed by atoms with E-state index in [0.29, 0.717) is 12.0 Å². The Morgan fingerprint density at radius 3 is 2.14 bits per heavy atom. The van der Waals surface area contributed by atoms with Crippen molar-refractivity contribution in [3.63, 3.8) is 0 Å². The number of anilines is 1. The monoisotopic (exact) mass is 1100 g/mol. The summed E-state index contributed by atoms with van der Waals surface area (Å²) >= 11 is 0.568. The van der Waals surface area contributed by atoms with Gasteiger partial charge < -0.3 is 75.1 Å². The van der Waals surface area contributed by atoms with E-state index in [9.17, 15) is 77.4 Å². The molecule has 1 aliphatic heterocycles. The topological polar surface area (TPSA) is 494 Å². The van der Waals surface area contributed by atoms with E-state index in [1.165, 1.54) is 13.8 Å². The number of carbonyl (C=O) groups is 6. The first-order valence-electron chi connectivity index (χ1n) is 21.1. The van der Waals surface area contributed by atoms with Gasteiger partial charge in [-0.1, -0.05) is 13.8 Å². The van der Waals surface area contributed by atoms with Crippen molar-refractivity contribution in [2.75, 3.05) is 37.8 Å². The molecule has 0 radical (unpaired) electrons. The number of aliphatic hydroxyl groups is 3. The van der Waals surface area contributed by atoms with Crippen molar-refractivity contribution < 1.29 is 119 Å². The highest BCUT2D eigenvalue weighted by atomic mass is 32.2. The highest BCUT2D eigenvalue weighted by molar-refractivity contribution is 7.95. The molecular formula is C35H56N7O25P3S.